The number of hydrogen-bond acceptors (Lipinski definition) is 18. The maximum absolute atomic E-state index is 15.6. The van der Waals surface area contributed by atoms with Crippen LogP contribution in [0.2, 0.25) is 0 Å². The maximum Gasteiger partial charge on any atom is 0.328 e. The topological polar surface area (TPSA) is 262 Å². The van der Waals surface area contributed by atoms with E-state index in [4.69, 9.17) is 28.4 Å². The zero-order valence-electron chi connectivity index (χ0n) is 47.9. The summed E-state index contributed by atoms with van der Waals surface area (Å²) in [6, 6.07) is 9.59. The van der Waals surface area contributed by atoms with Crippen molar-refractivity contribution in [3.8, 4) is 5.75 Å². The first-order chi connectivity index (χ1) is 38.9. The van der Waals surface area contributed by atoms with Gasteiger partial charge in [0.05, 0.1) is 44.8 Å². The predicted molar refractivity (Wildman–Crippen MR) is 296 cm³/mol. The molecule has 4 fully saturated rings. The summed E-state index contributed by atoms with van der Waals surface area (Å²) >= 11 is 0. The standard InChI is InChI=1S/C60H82N6O15/c1-8-38(33-67)81-48(77-6)34-80-47(69)19-13-18-46(68)61-36(4)50(70)79-27-15-24-65-54(72)60(75)52-58(22-26-64-23-14-21-57(10-3,51(58)64)53(60)71)41-28-42(45(76-5)29-44(41)66(52)65)59(55(73)78-7)31-37-30-56(74,9-2)35-63(32-37)25-20-40-39-16-11-12-17-43(39)62-49(40)59/h11-12,14,16-17,21,28-29,36-38,48,51-53,62,67,71,74-75H,8-10,13,15,18-20,22-27,30-35H2,1-7H3,(H,61,68)/t36?,37?,38?,48?,51?,52?,53-,56?,57-,58?,59+,60+/m1/s1. The van der Waals surface area contributed by atoms with Crippen molar-refractivity contribution < 1.29 is 72.8 Å². The van der Waals surface area contributed by atoms with Crippen LogP contribution in [-0.2, 0) is 64.9 Å². The molecule has 3 saturated heterocycles. The van der Waals surface area contributed by atoms with Gasteiger partial charge in [0.25, 0.3) is 5.91 Å². The highest BCUT2D eigenvalue weighted by Gasteiger charge is 2.83. The average Bonchev–Trinajstić information content (AvgIpc) is 1.53. The van der Waals surface area contributed by atoms with Gasteiger partial charge in [-0.25, -0.2) is 4.79 Å². The highest BCUT2D eigenvalue weighted by molar-refractivity contribution is 5.98. The number of aliphatic hydroxyl groups is 4. The summed E-state index contributed by atoms with van der Waals surface area (Å²) in [4.78, 5) is 78.0. The fourth-order valence-electron chi connectivity index (χ4n) is 15.6. The van der Waals surface area contributed by atoms with Gasteiger partial charge in [0.1, 0.15) is 36.0 Å². The molecule has 81 heavy (non-hydrogen) atoms. The van der Waals surface area contributed by atoms with Crippen molar-refractivity contribution in [2.24, 2.45) is 11.3 Å². The molecule has 21 heteroatoms. The number of amides is 2. The summed E-state index contributed by atoms with van der Waals surface area (Å²) in [5, 5.41) is 54.8. The summed E-state index contributed by atoms with van der Waals surface area (Å²) in [5.74, 6) is -2.73. The number of esters is 3. The van der Waals surface area contributed by atoms with Crippen molar-refractivity contribution in [3.63, 3.8) is 0 Å². The number of ether oxygens (including phenoxy) is 6. The summed E-state index contributed by atoms with van der Waals surface area (Å²) in [5.41, 5.74) is -2.35. The van der Waals surface area contributed by atoms with Crippen LogP contribution < -0.4 is 15.1 Å². The molecule has 1 aliphatic carbocycles. The number of nitrogens with zero attached hydrogens (tertiary/aromatic N) is 4. The van der Waals surface area contributed by atoms with Crippen LogP contribution in [-0.4, -0.2) is 198 Å². The Kier molecular flexibility index (Phi) is 16.5. The van der Waals surface area contributed by atoms with Gasteiger partial charge in [0, 0.05) is 104 Å². The largest absolute Gasteiger partial charge is 0.496 e. The number of fused-ring (bicyclic) bond motifs is 7. The van der Waals surface area contributed by atoms with Crippen molar-refractivity contribution in [2.75, 3.05) is 85.4 Å². The van der Waals surface area contributed by atoms with Crippen LogP contribution in [0.4, 0.5) is 5.69 Å². The van der Waals surface area contributed by atoms with Crippen molar-refractivity contribution in [2.45, 2.75) is 157 Å². The molecule has 1 saturated carbocycles. The first-order valence-electron chi connectivity index (χ1n) is 29.1. The SMILES string of the molecule is CCC(CO)OC(COC(=O)CCCC(=O)NC(C)C(=O)OCCCN1C(=O)[C@]2(O)C3N1c1cc(OC)c([C@@]4(C(=O)OC)CC5CN(CCc6c4[nH]c4ccccc64)CC(O)(CC)C5)cc1C31CCN3CC=C[C@](CC)(C31)[C@H]2O)OC. The van der Waals surface area contributed by atoms with E-state index in [1.807, 2.05) is 62.2 Å². The fourth-order valence-corrected chi connectivity index (χ4v) is 15.6. The van der Waals surface area contributed by atoms with Gasteiger partial charge < -0.3 is 59.1 Å². The van der Waals surface area contributed by atoms with Crippen LogP contribution in [0, 0.1) is 11.3 Å². The molecule has 10 rings (SSSR count). The smallest absolute Gasteiger partial charge is 0.328 e. The van der Waals surface area contributed by atoms with Crippen LogP contribution in [0.1, 0.15) is 114 Å². The minimum absolute atomic E-state index is 0.0294. The van der Waals surface area contributed by atoms with E-state index in [0.29, 0.717) is 93.9 Å². The predicted octanol–water partition coefficient (Wildman–Crippen LogP) is 3.29. The number of H-pyrrole nitrogens is 1. The van der Waals surface area contributed by atoms with E-state index in [-0.39, 0.29) is 70.4 Å². The Bertz CT molecular complexity index is 2910. The summed E-state index contributed by atoms with van der Waals surface area (Å²) in [7, 11) is 4.37. The van der Waals surface area contributed by atoms with Crippen molar-refractivity contribution >= 4 is 46.3 Å². The second-order valence-corrected chi connectivity index (χ2v) is 23.6. The molecule has 7 heterocycles. The molecule has 2 aromatic carbocycles. The number of anilines is 1. The lowest BCUT2D eigenvalue weighted by Crippen LogP contribution is -2.78. The van der Waals surface area contributed by atoms with Crippen molar-refractivity contribution in [1.82, 2.24) is 25.1 Å². The highest BCUT2D eigenvalue weighted by atomic mass is 16.7. The minimum Gasteiger partial charge on any atom is -0.496 e. The van der Waals surface area contributed by atoms with Gasteiger partial charge in [-0.3, -0.25) is 39.0 Å². The van der Waals surface area contributed by atoms with Gasteiger partial charge in [0.2, 0.25) is 5.91 Å². The van der Waals surface area contributed by atoms with Gasteiger partial charge in [-0.15, -0.1) is 0 Å². The molecular weight excluding hydrogens is 1040 g/mol. The zero-order valence-corrected chi connectivity index (χ0v) is 47.9. The monoisotopic (exact) mass is 1130 g/mol. The first-order valence-corrected chi connectivity index (χ1v) is 29.1. The van der Waals surface area contributed by atoms with Gasteiger partial charge >= 0.3 is 17.9 Å². The van der Waals surface area contributed by atoms with Crippen LogP contribution >= 0.6 is 0 Å². The third-order valence-corrected chi connectivity index (χ3v) is 19.3. The molecule has 3 aromatic rings. The Morgan fingerprint density at radius 1 is 0.951 bits per heavy atom. The van der Waals surface area contributed by atoms with Gasteiger partial charge in [-0.05, 0) is 94.0 Å². The number of aromatic nitrogens is 1. The lowest BCUT2D eigenvalue weighted by atomic mass is 9.48. The molecule has 6 aliphatic heterocycles. The summed E-state index contributed by atoms with van der Waals surface area (Å²) in [6.45, 7) is 9.78. The van der Waals surface area contributed by atoms with Crippen molar-refractivity contribution in [1.29, 1.82) is 0 Å². The van der Waals surface area contributed by atoms with Crippen molar-refractivity contribution in [3.05, 3.63) is 70.9 Å². The van der Waals surface area contributed by atoms with E-state index in [9.17, 15) is 34.8 Å². The molecule has 6 N–H and O–H groups in total. The molecule has 2 amide bonds. The molecule has 13 atom stereocenters. The average molecular weight is 1130 g/mol. The molecule has 9 unspecified atom stereocenters. The number of carbonyl (C=O) groups excluding carboxylic acids is 5. The number of hydrogen-bond donors (Lipinski definition) is 6. The fraction of sp³-hybridized carbons (Fsp3) is 0.650. The zero-order chi connectivity index (χ0) is 57.8. The van der Waals surface area contributed by atoms with E-state index in [2.05, 4.69) is 32.2 Å². The second-order valence-electron chi connectivity index (χ2n) is 23.6. The number of hydrazine groups is 1. The highest BCUT2D eigenvalue weighted by Crippen LogP contribution is 2.70. The van der Waals surface area contributed by atoms with E-state index in [0.717, 1.165) is 22.0 Å². The number of piperidine rings is 1. The number of para-hydroxylation sites is 1. The molecular formula is C60H82N6O15. The van der Waals surface area contributed by atoms with Crippen LogP contribution in [0.3, 0.4) is 0 Å². The lowest BCUT2D eigenvalue weighted by molar-refractivity contribution is -0.195. The number of methoxy groups -OCH3 is 3. The number of rotatable bonds is 22. The Balaban J connectivity index is 0.951. The Hall–Kier alpha value is -5.65. The number of aliphatic hydroxyl groups excluding tert-OH is 2. The summed E-state index contributed by atoms with van der Waals surface area (Å²) < 4.78 is 34.1. The molecule has 442 valence electrons. The van der Waals surface area contributed by atoms with E-state index in [1.165, 1.54) is 26.2 Å². The van der Waals surface area contributed by atoms with Gasteiger partial charge in [0.15, 0.2) is 11.9 Å². The van der Waals surface area contributed by atoms with Gasteiger partial charge in [-0.2, -0.15) is 0 Å². The van der Waals surface area contributed by atoms with E-state index < -0.39 is 87.8 Å². The normalized spacial score (nSPS) is 31.9. The number of nitrogens with one attached hydrogen (secondary N) is 2. The Morgan fingerprint density at radius 2 is 1.74 bits per heavy atom. The molecule has 0 radical (unpaired) electrons. The number of aromatic amines is 1. The lowest BCUT2D eigenvalue weighted by Gasteiger charge is -2.61. The Morgan fingerprint density at radius 3 is 2.46 bits per heavy atom. The molecule has 21 nitrogen and oxygen atoms in total. The maximum atomic E-state index is 15.6. The third kappa shape index (κ3) is 9.50. The second kappa shape index (κ2) is 22.8. The molecule has 1 spiro atoms. The van der Waals surface area contributed by atoms with E-state index in [1.54, 1.807) is 7.11 Å². The summed E-state index contributed by atoms with van der Waals surface area (Å²) in [6.07, 6.45) is 4.64. The molecule has 1 aromatic heterocycles. The number of carbonyl (C=O) groups is 5. The first kappa shape index (κ1) is 58.5. The quantitative estimate of drug-likeness (QED) is 0.0277. The Labute approximate surface area is 473 Å². The number of benzene rings is 2. The van der Waals surface area contributed by atoms with Crippen LogP contribution in [0.5, 0.6) is 5.75 Å². The molecule has 7 aliphatic rings. The minimum atomic E-state index is -2.32. The van der Waals surface area contributed by atoms with E-state index >= 15 is 9.59 Å². The van der Waals surface area contributed by atoms with Gasteiger partial charge in [-0.1, -0.05) is 51.1 Å². The van der Waals surface area contributed by atoms with Crippen LogP contribution in [0.25, 0.3) is 10.9 Å². The van der Waals surface area contributed by atoms with Crippen LogP contribution in [0.15, 0.2) is 48.6 Å². The third-order valence-electron chi connectivity index (χ3n) is 19.3. The molecule has 2 bridgehead atoms.